The lowest BCUT2D eigenvalue weighted by molar-refractivity contribution is 1.23. The summed E-state index contributed by atoms with van der Waals surface area (Å²) >= 11 is 0. The van der Waals surface area contributed by atoms with E-state index in [1.54, 1.807) is 12.1 Å². The van der Waals surface area contributed by atoms with Gasteiger partial charge in [-0.25, -0.2) is 0 Å². The summed E-state index contributed by atoms with van der Waals surface area (Å²) in [5.41, 5.74) is 2.57. The number of hydrogen-bond acceptors (Lipinski definition) is 0. The molecule has 0 aliphatic carbocycles. The molecule has 0 spiro atoms. The molecule has 0 unspecified atom stereocenters. The standard InChI is InChI=1S/C41H28/c1-2-14-30-26-32(25-24-28(30)12-1)41-38-21-9-7-19-36(38)40(37-20-8-10-22-39(37)41)27-31-15-4-6-18-34(31)35-23-11-16-29-13-3-5-17-33(29)35/h1-26H,27H2/i1D,2D,3D,5D,11D,12D,13D,14D,16D,17D,23D,24D,25D,26D. The Kier molecular flexibility index (Phi) is 3.20. The lowest BCUT2D eigenvalue weighted by Crippen LogP contribution is -1.97. The van der Waals surface area contributed by atoms with Crippen molar-refractivity contribution < 1.29 is 19.2 Å². The maximum Gasteiger partial charge on any atom is 0.0636 e. The molecule has 0 aliphatic rings. The first kappa shape index (κ1) is 13.4. The minimum absolute atomic E-state index is 0.0130. The molecule has 0 atom stereocenters. The van der Waals surface area contributed by atoms with Crippen LogP contribution >= 0.6 is 0 Å². The van der Waals surface area contributed by atoms with Crippen LogP contribution in [-0.4, -0.2) is 0 Å². The van der Waals surface area contributed by atoms with Gasteiger partial charge in [-0.15, -0.1) is 0 Å². The molecule has 0 aliphatic heterocycles. The Morgan fingerprint density at radius 2 is 1.05 bits per heavy atom. The van der Waals surface area contributed by atoms with Crippen LogP contribution in [0.1, 0.15) is 30.3 Å². The fraction of sp³-hybridized carbons (Fsp3) is 0.0244. The van der Waals surface area contributed by atoms with Gasteiger partial charge in [0.15, 0.2) is 0 Å². The zero-order valence-electron chi connectivity index (χ0n) is 35.6. The molecule has 192 valence electrons. The van der Waals surface area contributed by atoms with E-state index in [9.17, 15) is 2.74 Å². The van der Waals surface area contributed by atoms with Crippen LogP contribution in [0.15, 0.2) is 157 Å². The van der Waals surface area contributed by atoms with Gasteiger partial charge in [0.05, 0.1) is 19.2 Å². The molecular formula is C41H28. The van der Waals surface area contributed by atoms with Crippen molar-refractivity contribution in [2.75, 3.05) is 0 Å². The third-order valence-corrected chi connectivity index (χ3v) is 7.51. The second kappa shape index (κ2) is 9.77. The lowest BCUT2D eigenvalue weighted by atomic mass is 9.84. The molecule has 8 aromatic rings. The van der Waals surface area contributed by atoms with E-state index in [0.29, 0.717) is 27.5 Å². The minimum atomic E-state index is -0.543. The van der Waals surface area contributed by atoms with E-state index >= 15 is 0 Å². The van der Waals surface area contributed by atoms with Crippen LogP contribution in [0, 0.1) is 0 Å². The van der Waals surface area contributed by atoms with E-state index < -0.39 is 66.5 Å². The summed E-state index contributed by atoms with van der Waals surface area (Å²) in [5.74, 6) is 0. The van der Waals surface area contributed by atoms with Gasteiger partial charge in [-0.2, -0.15) is 0 Å². The fourth-order valence-corrected chi connectivity index (χ4v) is 5.71. The smallest absolute Gasteiger partial charge is 0.0619 e. The normalized spacial score (nSPS) is 16.3. The fourth-order valence-electron chi connectivity index (χ4n) is 5.71. The van der Waals surface area contributed by atoms with Crippen molar-refractivity contribution in [1.82, 2.24) is 0 Å². The van der Waals surface area contributed by atoms with E-state index in [0.717, 1.165) is 16.3 Å². The van der Waals surface area contributed by atoms with Crippen LogP contribution < -0.4 is 0 Å². The monoisotopic (exact) mass is 534 g/mol. The summed E-state index contributed by atoms with van der Waals surface area (Å²) in [6.07, 6.45) is 0.232. The van der Waals surface area contributed by atoms with Gasteiger partial charge in [0.25, 0.3) is 0 Å². The average Bonchev–Trinajstić information content (AvgIpc) is 3.19. The summed E-state index contributed by atoms with van der Waals surface area (Å²) in [5, 5.41) is 2.23. The summed E-state index contributed by atoms with van der Waals surface area (Å²) in [6.45, 7) is 0. The van der Waals surface area contributed by atoms with Crippen molar-refractivity contribution in [2.45, 2.75) is 6.42 Å². The second-order valence-electron chi connectivity index (χ2n) is 9.78. The van der Waals surface area contributed by atoms with Crippen molar-refractivity contribution in [3.8, 4) is 22.3 Å². The molecule has 0 radical (unpaired) electrons. The molecule has 0 amide bonds. The molecule has 41 heavy (non-hydrogen) atoms. The highest BCUT2D eigenvalue weighted by Crippen LogP contribution is 2.42. The molecule has 0 aromatic heterocycles. The number of hydrogen-bond donors (Lipinski definition) is 0. The SMILES string of the molecule is [2H]c1c([2H])c([2H])c2c([2H])c(-c3c4ccccc4c(Cc4ccccc4-c4c([2H])c([2H])c([2H])c5c([2H])c([2H])c([2H])c([2H])c45)c4ccccc34)c([2H])c([2H])c2c1[2H]. The van der Waals surface area contributed by atoms with E-state index in [2.05, 4.69) is 0 Å². The molecule has 0 saturated heterocycles. The van der Waals surface area contributed by atoms with Gasteiger partial charge in [-0.3, -0.25) is 0 Å². The van der Waals surface area contributed by atoms with E-state index in [4.69, 9.17) is 16.4 Å². The van der Waals surface area contributed by atoms with Crippen LogP contribution in [-0.2, 0) is 6.42 Å². The van der Waals surface area contributed by atoms with Crippen molar-refractivity contribution in [1.29, 1.82) is 0 Å². The molecule has 0 saturated carbocycles. The van der Waals surface area contributed by atoms with Gasteiger partial charge in [0, 0.05) is 0 Å². The zero-order chi connectivity index (χ0) is 39.4. The second-order valence-corrected chi connectivity index (χ2v) is 9.78. The molecule has 0 fully saturated rings. The number of fused-ring (bicyclic) bond motifs is 4. The summed E-state index contributed by atoms with van der Waals surface area (Å²) in [7, 11) is 0. The topological polar surface area (TPSA) is 0 Å². The van der Waals surface area contributed by atoms with Crippen LogP contribution in [0.5, 0.6) is 0 Å². The van der Waals surface area contributed by atoms with Gasteiger partial charge in [-0.1, -0.05) is 151 Å². The van der Waals surface area contributed by atoms with Crippen molar-refractivity contribution in [3.05, 3.63) is 169 Å². The van der Waals surface area contributed by atoms with E-state index in [1.165, 1.54) is 0 Å². The highest BCUT2D eigenvalue weighted by Gasteiger charge is 2.17. The van der Waals surface area contributed by atoms with Crippen molar-refractivity contribution >= 4 is 43.1 Å². The maximum absolute atomic E-state index is 9.35. The quantitative estimate of drug-likeness (QED) is 0.197. The first-order valence-electron chi connectivity index (χ1n) is 20.2. The molecular weight excluding hydrogens is 492 g/mol. The summed E-state index contributed by atoms with van der Waals surface area (Å²) < 4.78 is 121. The van der Waals surface area contributed by atoms with Crippen LogP contribution in [0.2, 0.25) is 0 Å². The maximum atomic E-state index is 9.35. The highest BCUT2D eigenvalue weighted by molar-refractivity contribution is 6.16. The number of rotatable bonds is 4. The Morgan fingerprint density at radius 3 is 1.83 bits per heavy atom. The zero-order valence-corrected chi connectivity index (χ0v) is 21.6. The molecule has 0 heteroatoms. The first-order chi connectivity index (χ1) is 26.2. The highest BCUT2D eigenvalue weighted by atomic mass is 14.2. The predicted molar refractivity (Wildman–Crippen MR) is 177 cm³/mol. The van der Waals surface area contributed by atoms with E-state index in [-0.39, 0.29) is 57.2 Å². The largest absolute Gasteiger partial charge is 0.0636 e. The molecule has 8 rings (SSSR count). The average molecular weight is 535 g/mol. The van der Waals surface area contributed by atoms with Gasteiger partial charge in [0.2, 0.25) is 0 Å². The van der Waals surface area contributed by atoms with Crippen molar-refractivity contribution in [2.24, 2.45) is 0 Å². The van der Waals surface area contributed by atoms with Crippen LogP contribution in [0.3, 0.4) is 0 Å². The predicted octanol–water partition coefficient (Wildman–Crippen LogP) is 11.2. The first-order valence-corrected chi connectivity index (χ1v) is 13.2. The molecule has 0 nitrogen and oxygen atoms in total. The van der Waals surface area contributed by atoms with Crippen LogP contribution in [0.25, 0.3) is 65.3 Å². The summed E-state index contributed by atoms with van der Waals surface area (Å²) in [4.78, 5) is 0. The molecule has 0 bridgehead atoms. The third kappa shape index (κ3) is 4.00. The van der Waals surface area contributed by atoms with E-state index in [1.807, 2.05) is 60.7 Å². The Bertz CT molecular complexity index is 2940. The molecule has 0 heterocycles. The van der Waals surface area contributed by atoms with Crippen molar-refractivity contribution in [3.63, 3.8) is 0 Å². The Balaban J connectivity index is 1.45. The van der Waals surface area contributed by atoms with Gasteiger partial charge in [0.1, 0.15) is 0 Å². The minimum Gasteiger partial charge on any atom is -0.0619 e. The number of benzene rings is 8. The van der Waals surface area contributed by atoms with Gasteiger partial charge in [-0.05, 0) is 88.9 Å². The summed E-state index contributed by atoms with van der Waals surface area (Å²) in [6, 6.07) is 15.7. The van der Waals surface area contributed by atoms with Gasteiger partial charge < -0.3 is 0 Å². The van der Waals surface area contributed by atoms with Gasteiger partial charge >= 0.3 is 0 Å². The molecule has 0 N–H and O–H groups in total. The lowest BCUT2D eigenvalue weighted by Gasteiger charge is -2.19. The Hall–Kier alpha value is -5.20. The molecule has 8 aromatic carbocycles. The third-order valence-electron chi connectivity index (χ3n) is 7.51. The van der Waals surface area contributed by atoms with Crippen LogP contribution in [0.4, 0.5) is 0 Å². The Labute approximate surface area is 259 Å². The Morgan fingerprint density at radius 1 is 0.439 bits per heavy atom.